The van der Waals surface area contributed by atoms with E-state index in [1.807, 2.05) is 73.1 Å². The van der Waals surface area contributed by atoms with Crippen molar-refractivity contribution in [3.05, 3.63) is 120 Å². The van der Waals surface area contributed by atoms with Crippen LogP contribution in [0.3, 0.4) is 0 Å². The maximum atomic E-state index is 7.19. The summed E-state index contributed by atoms with van der Waals surface area (Å²) in [6.45, 7) is 1.27. The molecule has 7 nitrogen and oxygen atoms in total. The molecule has 0 saturated heterocycles. The van der Waals surface area contributed by atoms with Gasteiger partial charge >= 0.3 is 12.1 Å². The number of ether oxygens (including phenoxy) is 3. The molecule has 2 aromatic heterocycles. The van der Waals surface area contributed by atoms with Gasteiger partial charge in [-0.3, -0.25) is 0 Å². The molecule has 0 saturated carbocycles. The van der Waals surface area contributed by atoms with Crippen LogP contribution >= 0.6 is 0 Å². The van der Waals surface area contributed by atoms with E-state index < -0.39 is 12.1 Å². The third kappa shape index (κ3) is 2.48. The van der Waals surface area contributed by atoms with Gasteiger partial charge in [-0.15, -0.1) is 0 Å². The molecule has 4 aliphatic heterocycles. The first-order chi connectivity index (χ1) is 17.3. The van der Waals surface area contributed by atoms with E-state index in [1.54, 1.807) is 0 Å². The minimum absolute atomic E-state index is 0.637. The molecular formula is C28H22N4O3+4. The molecule has 0 spiro atoms. The van der Waals surface area contributed by atoms with E-state index in [9.17, 15) is 0 Å². The highest BCUT2D eigenvalue weighted by atomic mass is 16.8. The second-order valence-corrected chi connectivity index (χ2v) is 9.12. The van der Waals surface area contributed by atoms with Gasteiger partial charge in [0.05, 0.1) is 11.1 Å². The van der Waals surface area contributed by atoms with Gasteiger partial charge in [0.25, 0.3) is 11.4 Å². The third-order valence-electron chi connectivity index (χ3n) is 7.07. The van der Waals surface area contributed by atoms with Crippen molar-refractivity contribution in [3.8, 4) is 11.5 Å². The summed E-state index contributed by atoms with van der Waals surface area (Å²) in [7, 11) is 0. The Labute approximate surface area is 201 Å². The van der Waals surface area contributed by atoms with Gasteiger partial charge in [-0.25, -0.2) is 0 Å². The zero-order valence-electron chi connectivity index (χ0n) is 18.8. The lowest BCUT2D eigenvalue weighted by Crippen LogP contribution is -2.75. The Hall–Kier alpha value is -4.36. The van der Waals surface area contributed by atoms with Gasteiger partial charge in [0, 0.05) is 24.3 Å². The molecule has 7 heteroatoms. The summed E-state index contributed by atoms with van der Waals surface area (Å²) in [5, 5.41) is 0. The fourth-order valence-electron chi connectivity index (χ4n) is 5.47. The summed E-state index contributed by atoms with van der Waals surface area (Å²) >= 11 is 0. The highest BCUT2D eigenvalue weighted by molar-refractivity contribution is 5.81. The summed E-state index contributed by atoms with van der Waals surface area (Å²) in [4.78, 5) is 0. The number of para-hydroxylation sites is 2. The molecular weight excluding hydrogens is 440 g/mol. The van der Waals surface area contributed by atoms with Crippen LogP contribution in [0.2, 0.25) is 0 Å². The van der Waals surface area contributed by atoms with Crippen LogP contribution in [-0.4, -0.2) is 21.6 Å². The van der Waals surface area contributed by atoms with Gasteiger partial charge in [-0.05, 0) is 41.1 Å². The number of nitrogens with zero attached hydrogens (tertiary/aromatic N) is 4. The Morgan fingerprint density at radius 1 is 0.571 bits per heavy atom. The molecule has 0 bridgehead atoms. The Morgan fingerprint density at radius 3 is 1.54 bits per heavy atom. The van der Waals surface area contributed by atoms with Crippen molar-refractivity contribution >= 4 is 12.4 Å². The fraction of sp³-hybridized carbons (Fsp3) is 0.143. The Balaban J connectivity index is 1.38. The number of hydrogen-bond donors (Lipinski definition) is 0. The largest absolute Gasteiger partial charge is 0.676 e. The standard InChI is InChI=1S/C28H22N4O3/c1-3-13-25-21(9-1)17-29-19-23-11-5-7-15-31(23)27(29,33-25)35-28-30(20-24-12-6-8-16-32(24)28)18-22-10-2-4-14-26(22)34-28/h1-18H,19-20H2/q+4. The lowest BCUT2D eigenvalue weighted by molar-refractivity contribution is -1.07. The Kier molecular flexibility index (Phi) is 3.59. The van der Waals surface area contributed by atoms with E-state index in [-0.39, 0.29) is 0 Å². The summed E-state index contributed by atoms with van der Waals surface area (Å²) in [5.74, 6) is 1.51. The topological polar surface area (TPSA) is 41.5 Å². The van der Waals surface area contributed by atoms with E-state index in [4.69, 9.17) is 14.2 Å². The average molecular weight is 463 g/mol. The second-order valence-electron chi connectivity index (χ2n) is 9.12. The predicted molar refractivity (Wildman–Crippen MR) is 123 cm³/mol. The maximum absolute atomic E-state index is 7.19. The molecule has 0 radical (unpaired) electrons. The maximum Gasteiger partial charge on any atom is 0.676 e. The van der Waals surface area contributed by atoms with Crippen molar-refractivity contribution in [2.24, 2.45) is 0 Å². The molecule has 0 N–H and O–H groups in total. The van der Waals surface area contributed by atoms with Gasteiger partial charge in [-0.1, -0.05) is 42.6 Å². The molecule has 0 amide bonds. The molecule has 0 aliphatic carbocycles. The summed E-state index contributed by atoms with van der Waals surface area (Å²) in [5.41, 5.74) is 4.18. The van der Waals surface area contributed by atoms with Gasteiger partial charge < -0.3 is 9.47 Å². The summed E-state index contributed by atoms with van der Waals surface area (Å²) < 4.78 is 29.1. The van der Waals surface area contributed by atoms with Crippen LogP contribution in [0.1, 0.15) is 22.5 Å². The van der Waals surface area contributed by atoms with Gasteiger partial charge in [0.1, 0.15) is 0 Å². The van der Waals surface area contributed by atoms with Crippen molar-refractivity contribution in [3.63, 3.8) is 0 Å². The second kappa shape index (κ2) is 6.61. The highest BCUT2D eigenvalue weighted by Crippen LogP contribution is 2.40. The quantitative estimate of drug-likeness (QED) is 0.429. The molecule has 4 aromatic rings. The predicted octanol–water partition coefficient (Wildman–Crippen LogP) is 2.19. The summed E-state index contributed by atoms with van der Waals surface area (Å²) in [6.07, 6.45) is 8.23. The molecule has 6 heterocycles. The van der Waals surface area contributed by atoms with Crippen LogP contribution in [-0.2, 0) is 29.9 Å². The van der Waals surface area contributed by atoms with Crippen LogP contribution < -0.4 is 18.6 Å². The molecule has 168 valence electrons. The van der Waals surface area contributed by atoms with Crippen LogP contribution in [0.15, 0.2) is 97.3 Å². The van der Waals surface area contributed by atoms with Gasteiger partial charge in [-0.2, -0.15) is 0 Å². The van der Waals surface area contributed by atoms with E-state index in [1.165, 1.54) is 0 Å². The lowest BCUT2D eigenvalue weighted by Gasteiger charge is -2.28. The SMILES string of the molecule is C1=[N+]2Cc3cccc[n+]3C2(OC23Oc4ccccc4C=[N+]2Cc2cccc[n+]23)Oc2ccccc21. The van der Waals surface area contributed by atoms with Crippen LogP contribution in [0.25, 0.3) is 0 Å². The van der Waals surface area contributed by atoms with Crippen molar-refractivity contribution < 1.29 is 32.5 Å². The fourth-order valence-corrected chi connectivity index (χ4v) is 5.47. The zero-order chi connectivity index (χ0) is 23.0. The lowest BCUT2D eigenvalue weighted by atomic mass is 10.2. The first-order valence-electron chi connectivity index (χ1n) is 11.7. The smallest absolute Gasteiger partial charge is 0.351 e. The number of rotatable bonds is 2. The van der Waals surface area contributed by atoms with E-state index in [2.05, 4.69) is 55.0 Å². The first kappa shape index (κ1) is 19.0. The third-order valence-corrected chi connectivity index (χ3v) is 7.07. The summed E-state index contributed by atoms with van der Waals surface area (Å²) in [6, 6.07) is 25.7. The Bertz CT molecular complexity index is 1490. The van der Waals surface area contributed by atoms with E-state index in [0.717, 1.165) is 34.0 Å². The molecule has 35 heavy (non-hydrogen) atoms. The molecule has 2 aromatic carbocycles. The molecule has 0 fully saturated rings. The zero-order valence-corrected chi connectivity index (χ0v) is 18.8. The monoisotopic (exact) mass is 462 g/mol. The number of pyridine rings is 2. The number of benzene rings is 2. The van der Waals surface area contributed by atoms with E-state index in [0.29, 0.717) is 13.1 Å². The minimum atomic E-state index is -1.28. The minimum Gasteiger partial charge on any atom is -0.351 e. The van der Waals surface area contributed by atoms with Gasteiger partial charge in [0.15, 0.2) is 36.3 Å². The van der Waals surface area contributed by atoms with Crippen LogP contribution in [0.4, 0.5) is 0 Å². The molecule has 8 rings (SSSR count). The van der Waals surface area contributed by atoms with Crippen LogP contribution in [0.5, 0.6) is 11.5 Å². The molecule has 4 aliphatic rings. The molecule has 2 unspecified atom stereocenters. The normalized spacial score (nSPS) is 24.3. The van der Waals surface area contributed by atoms with Crippen molar-refractivity contribution in [2.45, 2.75) is 25.2 Å². The highest BCUT2D eigenvalue weighted by Gasteiger charge is 2.80. The molecule has 2 atom stereocenters. The number of hydrogen-bond acceptors (Lipinski definition) is 3. The van der Waals surface area contributed by atoms with Crippen LogP contribution in [0, 0.1) is 0 Å². The van der Waals surface area contributed by atoms with Gasteiger partial charge in [0.2, 0.25) is 13.1 Å². The first-order valence-corrected chi connectivity index (χ1v) is 11.7. The van der Waals surface area contributed by atoms with E-state index >= 15 is 0 Å². The Morgan fingerprint density at radius 2 is 1.03 bits per heavy atom. The van der Waals surface area contributed by atoms with Crippen molar-refractivity contribution in [1.82, 2.24) is 0 Å². The number of aromatic nitrogens is 2. The van der Waals surface area contributed by atoms with Crippen molar-refractivity contribution in [1.29, 1.82) is 0 Å². The average Bonchev–Trinajstić information content (AvgIpc) is 3.37. The number of fused-ring (bicyclic) bond motifs is 8. The van der Waals surface area contributed by atoms with Crippen molar-refractivity contribution in [2.75, 3.05) is 0 Å².